The minimum Gasteiger partial charge on any atom is -0.368 e. The second kappa shape index (κ2) is 6.58. The van der Waals surface area contributed by atoms with E-state index < -0.39 is 5.54 Å². The predicted octanol–water partition coefficient (Wildman–Crippen LogP) is 3.10. The predicted molar refractivity (Wildman–Crippen MR) is 111 cm³/mol. The van der Waals surface area contributed by atoms with Crippen molar-refractivity contribution in [3.63, 3.8) is 0 Å². The van der Waals surface area contributed by atoms with Gasteiger partial charge < -0.3 is 15.5 Å². The summed E-state index contributed by atoms with van der Waals surface area (Å²) in [5.41, 5.74) is 1.75. The summed E-state index contributed by atoms with van der Waals surface area (Å²) < 4.78 is 0. The number of rotatable bonds is 1. The average molecular weight is 378 g/mol. The van der Waals surface area contributed by atoms with Crippen LogP contribution in [0.1, 0.15) is 43.2 Å². The van der Waals surface area contributed by atoms with Crippen molar-refractivity contribution in [2.75, 3.05) is 23.7 Å². The maximum Gasteiger partial charge on any atom is 0.255 e. The van der Waals surface area contributed by atoms with Gasteiger partial charge in [-0.05, 0) is 58.4 Å². The van der Waals surface area contributed by atoms with E-state index in [0.717, 1.165) is 29.5 Å². The Bertz CT molecular complexity index is 931. The smallest absolute Gasteiger partial charge is 0.255 e. The first kappa shape index (κ1) is 18.4. The molecule has 1 unspecified atom stereocenters. The van der Waals surface area contributed by atoms with Crippen LogP contribution in [0.15, 0.2) is 41.7 Å². The van der Waals surface area contributed by atoms with Crippen LogP contribution in [-0.2, 0) is 0 Å². The number of aliphatic imine (C=N–C) groups is 1. The second-order valence-electron chi connectivity index (χ2n) is 8.53. The van der Waals surface area contributed by atoms with E-state index >= 15 is 0 Å². The van der Waals surface area contributed by atoms with Crippen LogP contribution in [0.2, 0.25) is 0 Å². The summed E-state index contributed by atoms with van der Waals surface area (Å²) in [6.07, 6.45) is 4.18. The quantitative estimate of drug-likeness (QED) is 0.797. The van der Waals surface area contributed by atoms with Crippen LogP contribution in [0.5, 0.6) is 0 Å². The van der Waals surface area contributed by atoms with Gasteiger partial charge in [0.2, 0.25) is 0 Å². The van der Waals surface area contributed by atoms with E-state index in [1.165, 1.54) is 0 Å². The van der Waals surface area contributed by atoms with Crippen LogP contribution in [0, 0.1) is 6.92 Å². The number of anilines is 2. The number of hydrogen-bond acceptors (Lipinski definition) is 5. The molecule has 2 aliphatic heterocycles. The lowest BCUT2D eigenvalue weighted by molar-refractivity contribution is 0.0789. The number of likely N-dealkylation sites (tertiary alicyclic amines) is 1. The monoisotopic (exact) mass is 378 g/mol. The number of hydrogen-bond donors (Lipinski definition) is 2. The molecule has 2 aromatic heterocycles. The zero-order valence-electron chi connectivity index (χ0n) is 16.8. The number of carbonyl (C=O) groups excluding carboxylic acids is 1. The van der Waals surface area contributed by atoms with Gasteiger partial charge in [0, 0.05) is 24.6 Å². The maximum absolute atomic E-state index is 13.0. The first-order valence-corrected chi connectivity index (χ1v) is 9.58. The van der Waals surface area contributed by atoms with Gasteiger partial charge in [-0.3, -0.25) is 14.8 Å². The van der Waals surface area contributed by atoms with Gasteiger partial charge in [0.25, 0.3) is 5.91 Å². The van der Waals surface area contributed by atoms with E-state index in [0.29, 0.717) is 18.7 Å². The molecule has 1 saturated heterocycles. The molecule has 1 spiro atoms. The van der Waals surface area contributed by atoms with Crippen LogP contribution in [0.25, 0.3) is 0 Å². The third kappa shape index (κ3) is 3.44. The number of nitrogens with zero attached hydrogens (tertiary/aromatic N) is 4. The van der Waals surface area contributed by atoms with Crippen molar-refractivity contribution in [2.24, 2.45) is 4.99 Å². The molecule has 2 aromatic rings. The molecule has 7 nitrogen and oxygen atoms in total. The summed E-state index contributed by atoms with van der Waals surface area (Å²) in [5.74, 6) is 1.60. The number of carbonyl (C=O) groups is 1. The number of amidine groups is 1. The summed E-state index contributed by atoms with van der Waals surface area (Å²) in [6.45, 7) is 9.31. The zero-order valence-corrected chi connectivity index (χ0v) is 16.8. The number of aryl methyl sites for hydroxylation is 1. The van der Waals surface area contributed by atoms with E-state index in [2.05, 4.69) is 41.4 Å². The lowest BCUT2D eigenvalue weighted by Gasteiger charge is -2.39. The van der Waals surface area contributed by atoms with Gasteiger partial charge in [-0.1, -0.05) is 0 Å². The van der Waals surface area contributed by atoms with E-state index in [1.54, 1.807) is 12.4 Å². The van der Waals surface area contributed by atoms with Gasteiger partial charge >= 0.3 is 0 Å². The highest BCUT2D eigenvalue weighted by molar-refractivity contribution is 6.10. The van der Waals surface area contributed by atoms with Gasteiger partial charge in [-0.2, -0.15) is 0 Å². The van der Waals surface area contributed by atoms with Gasteiger partial charge in [0.15, 0.2) is 5.82 Å². The summed E-state index contributed by atoms with van der Waals surface area (Å²) in [5, 5.41) is 7.04. The van der Waals surface area contributed by atoms with Crippen molar-refractivity contribution < 1.29 is 4.79 Å². The minimum absolute atomic E-state index is 0.00160. The second-order valence-corrected chi connectivity index (χ2v) is 8.53. The fourth-order valence-corrected chi connectivity index (χ4v) is 3.68. The lowest BCUT2D eigenvalue weighted by Crippen LogP contribution is -2.55. The molecule has 4 heterocycles. The molecular weight excluding hydrogens is 352 g/mol. The molecule has 1 fully saturated rings. The Kier molecular flexibility index (Phi) is 4.33. The molecule has 4 rings (SSSR count). The first-order valence-electron chi connectivity index (χ1n) is 9.58. The van der Waals surface area contributed by atoms with Crippen LogP contribution >= 0.6 is 0 Å². The molecular formula is C21H26N6O. The molecule has 2 N–H and O–H groups in total. The molecule has 0 aromatic carbocycles. The van der Waals surface area contributed by atoms with E-state index in [-0.39, 0.29) is 11.4 Å². The Morgan fingerprint density at radius 1 is 1.25 bits per heavy atom. The molecule has 2 aliphatic rings. The van der Waals surface area contributed by atoms with E-state index in [4.69, 9.17) is 4.99 Å². The SMILES string of the molecule is Cc1ccc(C(=O)N2CCC3(C2)Nc2cccnc2NC3=NC(C)(C)C)cn1. The standard InChI is InChI=1S/C21H26N6O/c1-14-7-8-15(12-23-14)18(28)27-11-9-21(13-27)19(26-20(2,3)4)24-17-16(25-21)6-5-10-22-17/h5-8,10,12,25H,9,11,13H2,1-4H3,(H,22,24,26). The minimum atomic E-state index is -0.447. The van der Waals surface area contributed by atoms with Crippen LogP contribution in [-0.4, -0.2) is 50.8 Å². The van der Waals surface area contributed by atoms with Crippen molar-refractivity contribution in [2.45, 2.75) is 45.2 Å². The zero-order chi connectivity index (χ0) is 19.9. The topological polar surface area (TPSA) is 82.5 Å². The number of aromatic nitrogens is 2. The van der Waals surface area contributed by atoms with Gasteiger partial charge in [-0.15, -0.1) is 0 Å². The van der Waals surface area contributed by atoms with Crippen LogP contribution in [0.3, 0.4) is 0 Å². The number of pyridine rings is 2. The number of amides is 1. The highest BCUT2D eigenvalue weighted by atomic mass is 16.2. The summed E-state index contributed by atoms with van der Waals surface area (Å²) in [7, 11) is 0. The molecule has 28 heavy (non-hydrogen) atoms. The van der Waals surface area contributed by atoms with Gasteiger partial charge in [-0.25, -0.2) is 4.98 Å². The Morgan fingerprint density at radius 2 is 2.07 bits per heavy atom. The molecule has 146 valence electrons. The molecule has 0 aliphatic carbocycles. The largest absolute Gasteiger partial charge is 0.368 e. The molecule has 0 bridgehead atoms. The molecule has 1 atom stereocenters. The van der Waals surface area contributed by atoms with Gasteiger partial charge in [0.05, 0.1) is 23.3 Å². The van der Waals surface area contributed by atoms with Crippen molar-refractivity contribution in [1.82, 2.24) is 14.9 Å². The maximum atomic E-state index is 13.0. The fraction of sp³-hybridized carbons (Fsp3) is 0.429. The first-order chi connectivity index (χ1) is 13.3. The third-order valence-electron chi connectivity index (χ3n) is 5.03. The van der Waals surface area contributed by atoms with Crippen molar-refractivity contribution in [3.05, 3.63) is 47.9 Å². The van der Waals surface area contributed by atoms with Crippen molar-refractivity contribution in [3.8, 4) is 0 Å². The highest BCUT2D eigenvalue weighted by Gasteiger charge is 2.47. The summed E-state index contributed by atoms with van der Waals surface area (Å²) in [4.78, 5) is 28.5. The highest BCUT2D eigenvalue weighted by Crippen LogP contribution is 2.36. The number of nitrogens with one attached hydrogen (secondary N) is 2. The molecule has 0 saturated carbocycles. The molecule has 0 radical (unpaired) electrons. The third-order valence-corrected chi connectivity index (χ3v) is 5.03. The molecule has 7 heteroatoms. The van der Waals surface area contributed by atoms with Crippen LogP contribution < -0.4 is 10.6 Å². The van der Waals surface area contributed by atoms with E-state index in [1.807, 2.05) is 36.1 Å². The normalized spacial score (nSPS) is 22.7. The van der Waals surface area contributed by atoms with Crippen molar-refractivity contribution >= 4 is 23.2 Å². The van der Waals surface area contributed by atoms with E-state index in [9.17, 15) is 4.79 Å². The lowest BCUT2D eigenvalue weighted by atomic mass is 9.93. The Balaban J connectivity index is 1.66. The molecule has 1 amide bonds. The van der Waals surface area contributed by atoms with Gasteiger partial charge in [0.1, 0.15) is 11.4 Å². The Morgan fingerprint density at radius 3 is 2.79 bits per heavy atom. The summed E-state index contributed by atoms with van der Waals surface area (Å²) >= 11 is 0. The fourth-order valence-electron chi connectivity index (χ4n) is 3.68. The Labute approximate surface area is 165 Å². The average Bonchev–Trinajstić information content (AvgIpc) is 3.06. The van der Waals surface area contributed by atoms with Crippen molar-refractivity contribution in [1.29, 1.82) is 0 Å². The van der Waals surface area contributed by atoms with Crippen LogP contribution in [0.4, 0.5) is 11.5 Å². The Hall–Kier alpha value is -2.96. The summed E-state index contributed by atoms with van der Waals surface area (Å²) in [6, 6.07) is 7.61. The number of fused-ring (bicyclic) bond motifs is 1.